The molecule has 2 rings (SSSR count). The number of benzene rings is 1. The molecule has 114 valence electrons. The van der Waals surface area contributed by atoms with E-state index < -0.39 is 0 Å². The third-order valence-corrected chi connectivity index (χ3v) is 3.49. The zero-order valence-corrected chi connectivity index (χ0v) is 13.6. The highest BCUT2D eigenvalue weighted by molar-refractivity contribution is 5.30. The molecule has 1 aromatic heterocycles. The second-order valence-corrected chi connectivity index (χ2v) is 6.58. The second-order valence-electron chi connectivity index (χ2n) is 6.58. The van der Waals surface area contributed by atoms with Crippen molar-refractivity contribution < 1.29 is 0 Å². The second kappa shape index (κ2) is 6.35. The van der Waals surface area contributed by atoms with Crippen LogP contribution in [-0.4, -0.2) is 32.3 Å². The van der Waals surface area contributed by atoms with E-state index in [1.807, 2.05) is 0 Å². The minimum absolute atomic E-state index is 0.0940. The molecule has 1 atom stereocenters. The van der Waals surface area contributed by atoms with Crippen LogP contribution < -0.4 is 5.32 Å². The van der Waals surface area contributed by atoms with E-state index in [0.29, 0.717) is 5.92 Å². The first kappa shape index (κ1) is 15.6. The first-order chi connectivity index (χ1) is 9.85. The predicted molar refractivity (Wildman–Crippen MR) is 84.2 cm³/mol. The van der Waals surface area contributed by atoms with Crippen LogP contribution in [0.2, 0.25) is 0 Å². The third-order valence-electron chi connectivity index (χ3n) is 3.49. The van der Waals surface area contributed by atoms with E-state index in [1.165, 1.54) is 15.9 Å². The fraction of sp³-hybridized carbons (Fsp3) is 0.562. The molecule has 0 fully saturated rings. The Morgan fingerprint density at radius 2 is 1.95 bits per heavy atom. The molecule has 0 saturated carbocycles. The van der Waals surface area contributed by atoms with Crippen molar-refractivity contribution in [2.45, 2.75) is 45.6 Å². The Morgan fingerprint density at radius 1 is 1.24 bits per heavy atom. The summed E-state index contributed by atoms with van der Waals surface area (Å²) in [6.07, 6.45) is 0.793. The zero-order chi connectivity index (χ0) is 15.5. The van der Waals surface area contributed by atoms with Gasteiger partial charge in [0.2, 0.25) is 0 Å². The molecule has 1 aromatic carbocycles. The van der Waals surface area contributed by atoms with E-state index in [2.05, 4.69) is 72.7 Å². The van der Waals surface area contributed by atoms with Gasteiger partial charge in [0.05, 0.1) is 7.05 Å². The van der Waals surface area contributed by atoms with Crippen molar-refractivity contribution in [2.75, 3.05) is 6.54 Å². The Morgan fingerprint density at radius 3 is 2.52 bits per heavy atom. The van der Waals surface area contributed by atoms with E-state index in [-0.39, 0.29) is 5.54 Å². The van der Waals surface area contributed by atoms with Crippen LogP contribution in [0.1, 0.15) is 43.6 Å². The van der Waals surface area contributed by atoms with Gasteiger partial charge < -0.3 is 5.32 Å². The number of nitrogens with one attached hydrogen (secondary N) is 1. The largest absolute Gasteiger partial charge is 0.311 e. The van der Waals surface area contributed by atoms with Crippen molar-refractivity contribution in [3.63, 3.8) is 0 Å². The summed E-state index contributed by atoms with van der Waals surface area (Å²) in [6.45, 7) is 9.60. The lowest BCUT2D eigenvalue weighted by atomic mass is 9.91. The number of nitrogens with zero attached hydrogens (tertiary/aromatic N) is 4. The lowest BCUT2D eigenvalue weighted by Crippen LogP contribution is -2.39. The van der Waals surface area contributed by atoms with Gasteiger partial charge >= 0.3 is 0 Å². The highest BCUT2D eigenvalue weighted by Crippen LogP contribution is 2.23. The smallest absolute Gasteiger partial charge is 0.175 e. The molecule has 5 nitrogen and oxygen atoms in total. The molecule has 1 N–H and O–H groups in total. The maximum Gasteiger partial charge on any atom is 0.175 e. The molecule has 5 heteroatoms. The monoisotopic (exact) mass is 287 g/mol. The van der Waals surface area contributed by atoms with Crippen LogP contribution in [0.25, 0.3) is 0 Å². The maximum atomic E-state index is 4.32. The summed E-state index contributed by atoms with van der Waals surface area (Å²) >= 11 is 0. The molecule has 1 heterocycles. The van der Waals surface area contributed by atoms with Crippen LogP contribution in [0.4, 0.5) is 0 Å². The number of rotatable bonds is 5. The van der Waals surface area contributed by atoms with Gasteiger partial charge in [0.25, 0.3) is 0 Å². The van der Waals surface area contributed by atoms with Crippen molar-refractivity contribution in [3.8, 4) is 0 Å². The first-order valence-corrected chi connectivity index (χ1v) is 7.38. The Hall–Kier alpha value is -1.75. The van der Waals surface area contributed by atoms with Crippen molar-refractivity contribution in [1.82, 2.24) is 25.5 Å². The molecule has 0 aliphatic carbocycles. The molecular formula is C16H25N5. The van der Waals surface area contributed by atoms with E-state index in [0.717, 1.165) is 18.8 Å². The SMILES string of the molecule is Cc1ccccc1C(CNC(C)(C)C)Cc1nnn(C)n1. The topological polar surface area (TPSA) is 55.6 Å². The fourth-order valence-corrected chi connectivity index (χ4v) is 2.39. The van der Waals surface area contributed by atoms with Crippen LogP contribution >= 0.6 is 0 Å². The van der Waals surface area contributed by atoms with Crippen molar-refractivity contribution in [2.24, 2.45) is 7.05 Å². The van der Waals surface area contributed by atoms with Crippen molar-refractivity contribution in [3.05, 3.63) is 41.2 Å². The summed E-state index contributed by atoms with van der Waals surface area (Å²) in [5, 5.41) is 16.0. The van der Waals surface area contributed by atoms with Gasteiger partial charge in [-0.05, 0) is 44.0 Å². The number of tetrazole rings is 1. The number of aryl methyl sites for hydroxylation is 2. The van der Waals surface area contributed by atoms with Gasteiger partial charge in [-0.2, -0.15) is 4.80 Å². The first-order valence-electron chi connectivity index (χ1n) is 7.38. The number of hydrogen-bond acceptors (Lipinski definition) is 4. The van der Waals surface area contributed by atoms with Crippen LogP contribution in [0.3, 0.4) is 0 Å². The van der Waals surface area contributed by atoms with E-state index in [1.54, 1.807) is 7.05 Å². The minimum Gasteiger partial charge on any atom is -0.311 e. The predicted octanol–water partition coefficient (Wildman–Crippen LogP) is 2.23. The van der Waals surface area contributed by atoms with E-state index >= 15 is 0 Å². The Labute approximate surface area is 126 Å². The van der Waals surface area contributed by atoms with Gasteiger partial charge in [-0.1, -0.05) is 24.3 Å². The van der Waals surface area contributed by atoms with Gasteiger partial charge in [-0.15, -0.1) is 10.2 Å². The molecule has 0 radical (unpaired) electrons. The maximum absolute atomic E-state index is 4.32. The molecule has 0 saturated heterocycles. The Bertz CT molecular complexity index is 582. The van der Waals surface area contributed by atoms with Crippen LogP contribution in [0.5, 0.6) is 0 Å². The normalized spacial score (nSPS) is 13.4. The average molecular weight is 287 g/mol. The number of aromatic nitrogens is 4. The van der Waals surface area contributed by atoms with Crippen LogP contribution in [-0.2, 0) is 13.5 Å². The fourth-order valence-electron chi connectivity index (χ4n) is 2.39. The third kappa shape index (κ3) is 4.63. The number of hydrogen-bond donors (Lipinski definition) is 1. The summed E-state index contributed by atoms with van der Waals surface area (Å²) in [5.74, 6) is 1.14. The van der Waals surface area contributed by atoms with Crippen LogP contribution in [0, 0.1) is 6.92 Å². The van der Waals surface area contributed by atoms with Gasteiger partial charge in [0, 0.05) is 24.4 Å². The summed E-state index contributed by atoms with van der Waals surface area (Å²) in [4.78, 5) is 1.52. The standard InChI is InChI=1S/C16H25N5/c1-12-8-6-7-9-14(12)13(11-17-16(2,3)4)10-15-18-20-21(5)19-15/h6-9,13,17H,10-11H2,1-5H3. The molecule has 0 bridgehead atoms. The van der Waals surface area contributed by atoms with Crippen molar-refractivity contribution in [1.29, 1.82) is 0 Å². The quantitative estimate of drug-likeness (QED) is 0.916. The molecule has 1 unspecified atom stereocenters. The molecule has 0 amide bonds. The molecule has 0 aliphatic heterocycles. The van der Waals surface area contributed by atoms with Gasteiger partial charge in [-0.25, -0.2) is 0 Å². The highest BCUT2D eigenvalue weighted by atomic mass is 15.6. The van der Waals surface area contributed by atoms with E-state index in [9.17, 15) is 0 Å². The lowest BCUT2D eigenvalue weighted by molar-refractivity contribution is 0.402. The van der Waals surface area contributed by atoms with Gasteiger partial charge in [-0.3, -0.25) is 0 Å². The Kier molecular flexibility index (Phi) is 4.73. The molecule has 0 aliphatic rings. The molecule has 21 heavy (non-hydrogen) atoms. The average Bonchev–Trinajstić information content (AvgIpc) is 2.80. The summed E-state index contributed by atoms with van der Waals surface area (Å²) in [7, 11) is 1.80. The van der Waals surface area contributed by atoms with Gasteiger partial charge in [0.15, 0.2) is 5.82 Å². The van der Waals surface area contributed by atoms with Gasteiger partial charge in [0.1, 0.15) is 0 Å². The van der Waals surface area contributed by atoms with Crippen molar-refractivity contribution >= 4 is 0 Å². The summed E-state index contributed by atoms with van der Waals surface area (Å²) in [6, 6.07) is 8.52. The minimum atomic E-state index is 0.0940. The summed E-state index contributed by atoms with van der Waals surface area (Å²) in [5.41, 5.74) is 2.75. The Balaban J connectivity index is 2.19. The molecule has 0 spiro atoms. The summed E-state index contributed by atoms with van der Waals surface area (Å²) < 4.78 is 0. The lowest BCUT2D eigenvalue weighted by Gasteiger charge is -2.26. The molecular weight excluding hydrogens is 262 g/mol. The van der Waals surface area contributed by atoms with E-state index in [4.69, 9.17) is 0 Å². The van der Waals surface area contributed by atoms with Crippen LogP contribution in [0.15, 0.2) is 24.3 Å². The zero-order valence-electron chi connectivity index (χ0n) is 13.6. The highest BCUT2D eigenvalue weighted by Gasteiger charge is 2.19. The molecule has 2 aromatic rings.